The number of halogens is 1. The van der Waals surface area contributed by atoms with Crippen molar-refractivity contribution >= 4 is 27.3 Å². The molecule has 0 bridgehead atoms. The number of nitrogens with one attached hydrogen (secondary N) is 1. The largest absolute Gasteiger partial charge is 0.279 e. The van der Waals surface area contributed by atoms with E-state index < -0.39 is 10.0 Å². The molecule has 0 radical (unpaired) electrons. The molecule has 0 saturated heterocycles. The molecule has 5 nitrogen and oxygen atoms in total. The van der Waals surface area contributed by atoms with Crippen LogP contribution in [0.3, 0.4) is 0 Å². The standard InChI is InChI=1S/C13H10ClN3O2S/c1-9-7-10(14)4-5-11(9)17-20(18,19)13-3-2-6-16-12(13)8-15/h2-7,17H,1H3. The minimum absolute atomic E-state index is 0.147. The first-order chi connectivity index (χ1) is 9.44. The highest BCUT2D eigenvalue weighted by Gasteiger charge is 2.20. The van der Waals surface area contributed by atoms with E-state index in [2.05, 4.69) is 9.71 Å². The Morgan fingerprint density at radius 3 is 2.75 bits per heavy atom. The first-order valence-electron chi connectivity index (χ1n) is 5.58. The molecule has 1 heterocycles. The van der Waals surface area contributed by atoms with Crippen molar-refractivity contribution in [3.05, 3.63) is 52.8 Å². The van der Waals surface area contributed by atoms with Crippen LogP contribution in [-0.2, 0) is 10.0 Å². The Hall–Kier alpha value is -2.10. The summed E-state index contributed by atoms with van der Waals surface area (Å²) in [5, 5.41) is 9.43. The highest BCUT2D eigenvalue weighted by molar-refractivity contribution is 7.92. The molecule has 1 N–H and O–H groups in total. The van der Waals surface area contributed by atoms with Crippen LogP contribution in [0.2, 0.25) is 5.02 Å². The molecule has 2 rings (SSSR count). The minimum atomic E-state index is -3.87. The summed E-state index contributed by atoms with van der Waals surface area (Å²) < 4.78 is 27.0. The average molecular weight is 308 g/mol. The molecular weight excluding hydrogens is 298 g/mol. The second-order valence-corrected chi connectivity index (χ2v) is 6.11. The fourth-order valence-electron chi connectivity index (χ4n) is 1.63. The maximum Gasteiger partial charge on any atom is 0.264 e. The van der Waals surface area contributed by atoms with Gasteiger partial charge >= 0.3 is 0 Å². The predicted octanol–water partition coefficient (Wildman–Crippen LogP) is 2.72. The number of anilines is 1. The predicted molar refractivity (Wildman–Crippen MR) is 75.9 cm³/mol. The summed E-state index contributed by atoms with van der Waals surface area (Å²) >= 11 is 5.82. The molecule has 0 fully saturated rings. The smallest absolute Gasteiger partial charge is 0.264 e. The molecule has 2 aromatic rings. The number of rotatable bonds is 3. The molecule has 20 heavy (non-hydrogen) atoms. The van der Waals surface area contributed by atoms with Crippen molar-refractivity contribution in [2.24, 2.45) is 0 Å². The van der Waals surface area contributed by atoms with Crippen LogP contribution in [0.5, 0.6) is 0 Å². The van der Waals surface area contributed by atoms with Gasteiger partial charge in [-0.15, -0.1) is 0 Å². The van der Waals surface area contributed by atoms with Crippen LogP contribution >= 0.6 is 11.6 Å². The van der Waals surface area contributed by atoms with Crippen molar-refractivity contribution in [1.82, 2.24) is 4.98 Å². The number of hydrogen-bond acceptors (Lipinski definition) is 4. The van der Waals surface area contributed by atoms with Gasteiger partial charge in [0.15, 0.2) is 5.69 Å². The number of sulfonamides is 1. The van der Waals surface area contributed by atoms with E-state index in [1.165, 1.54) is 18.3 Å². The lowest BCUT2D eigenvalue weighted by molar-refractivity contribution is 0.600. The topological polar surface area (TPSA) is 82.8 Å². The highest BCUT2D eigenvalue weighted by Crippen LogP contribution is 2.23. The Morgan fingerprint density at radius 1 is 1.35 bits per heavy atom. The highest BCUT2D eigenvalue weighted by atomic mass is 35.5. The molecule has 0 unspecified atom stereocenters. The number of benzene rings is 1. The maximum atomic E-state index is 12.3. The zero-order valence-corrected chi connectivity index (χ0v) is 12.0. The molecule has 0 aliphatic rings. The maximum absolute atomic E-state index is 12.3. The SMILES string of the molecule is Cc1cc(Cl)ccc1NS(=O)(=O)c1cccnc1C#N. The molecule has 1 aromatic carbocycles. The summed E-state index contributed by atoms with van der Waals surface area (Å²) in [5.74, 6) is 0. The third-order valence-electron chi connectivity index (χ3n) is 2.60. The number of hydrogen-bond donors (Lipinski definition) is 1. The van der Waals surface area contributed by atoms with Crippen molar-refractivity contribution in [3.63, 3.8) is 0 Å². The molecule has 0 spiro atoms. The molecule has 102 valence electrons. The van der Waals surface area contributed by atoms with E-state index >= 15 is 0 Å². The van der Waals surface area contributed by atoms with Gasteiger partial charge in [0, 0.05) is 11.2 Å². The number of aromatic nitrogens is 1. The van der Waals surface area contributed by atoms with Gasteiger partial charge in [0.2, 0.25) is 0 Å². The zero-order valence-electron chi connectivity index (χ0n) is 10.5. The van der Waals surface area contributed by atoms with Crippen molar-refractivity contribution < 1.29 is 8.42 Å². The van der Waals surface area contributed by atoms with Gasteiger partial charge < -0.3 is 0 Å². The summed E-state index contributed by atoms with van der Waals surface area (Å²) in [6.07, 6.45) is 1.37. The Labute approximate surface area is 121 Å². The third kappa shape index (κ3) is 2.90. The molecule has 0 amide bonds. The molecule has 0 atom stereocenters. The molecule has 0 aliphatic heterocycles. The van der Waals surface area contributed by atoms with Crippen LogP contribution in [-0.4, -0.2) is 13.4 Å². The Bertz CT molecular complexity index is 798. The van der Waals surface area contributed by atoms with Gasteiger partial charge in [-0.25, -0.2) is 13.4 Å². The van der Waals surface area contributed by atoms with Crippen LogP contribution in [0.15, 0.2) is 41.4 Å². The van der Waals surface area contributed by atoms with Gasteiger partial charge in [-0.1, -0.05) is 11.6 Å². The van der Waals surface area contributed by atoms with Crippen LogP contribution in [0.25, 0.3) is 0 Å². The molecule has 0 aliphatic carbocycles. The Morgan fingerprint density at radius 2 is 2.10 bits per heavy atom. The monoisotopic (exact) mass is 307 g/mol. The van der Waals surface area contributed by atoms with Crippen molar-refractivity contribution in [2.45, 2.75) is 11.8 Å². The Kier molecular flexibility index (Phi) is 3.93. The lowest BCUT2D eigenvalue weighted by atomic mass is 10.2. The van der Waals surface area contributed by atoms with Gasteiger partial charge in [-0.2, -0.15) is 5.26 Å². The lowest BCUT2D eigenvalue weighted by Crippen LogP contribution is -2.15. The van der Waals surface area contributed by atoms with Gasteiger partial charge in [0.05, 0.1) is 5.69 Å². The summed E-state index contributed by atoms with van der Waals surface area (Å²) in [4.78, 5) is 3.58. The summed E-state index contributed by atoms with van der Waals surface area (Å²) in [7, 11) is -3.87. The fourth-order valence-corrected chi connectivity index (χ4v) is 3.10. The van der Waals surface area contributed by atoms with E-state index in [9.17, 15) is 8.42 Å². The van der Waals surface area contributed by atoms with E-state index in [1.54, 1.807) is 31.2 Å². The number of pyridine rings is 1. The van der Waals surface area contributed by atoms with Gasteiger partial charge in [0.25, 0.3) is 10.0 Å². The van der Waals surface area contributed by atoms with Gasteiger partial charge in [-0.05, 0) is 42.8 Å². The van der Waals surface area contributed by atoms with Crippen LogP contribution in [0.1, 0.15) is 11.3 Å². The average Bonchev–Trinajstić information content (AvgIpc) is 2.42. The molecular formula is C13H10ClN3O2S. The first-order valence-corrected chi connectivity index (χ1v) is 7.44. The molecule has 7 heteroatoms. The van der Waals surface area contributed by atoms with Crippen molar-refractivity contribution in [3.8, 4) is 6.07 Å². The lowest BCUT2D eigenvalue weighted by Gasteiger charge is -2.11. The number of nitrogens with zero attached hydrogens (tertiary/aromatic N) is 2. The fraction of sp³-hybridized carbons (Fsp3) is 0.0769. The number of nitriles is 1. The van der Waals surface area contributed by atoms with E-state index in [1.807, 2.05) is 0 Å². The van der Waals surface area contributed by atoms with E-state index in [0.29, 0.717) is 16.3 Å². The van der Waals surface area contributed by atoms with Crippen LogP contribution < -0.4 is 4.72 Å². The van der Waals surface area contributed by atoms with E-state index in [4.69, 9.17) is 16.9 Å². The van der Waals surface area contributed by atoms with Crippen molar-refractivity contribution in [2.75, 3.05) is 4.72 Å². The summed E-state index contributed by atoms with van der Waals surface area (Å²) in [6.45, 7) is 1.73. The van der Waals surface area contributed by atoms with Crippen molar-refractivity contribution in [1.29, 1.82) is 5.26 Å². The third-order valence-corrected chi connectivity index (χ3v) is 4.23. The second-order valence-electron chi connectivity index (χ2n) is 4.03. The van der Waals surface area contributed by atoms with E-state index in [0.717, 1.165) is 0 Å². The van der Waals surface area contributed by atoms with Gasteiger partial charge in [0.1, 0.15) is 11.0 Å². The van der Waals surface area contributed by atoms with Crippen LogP contribution in [0, 0.1) is 18.3 Å². The summed E-state index contributed by atoms with van der Waals surface area (Å²) in [6, 6.07) is 9.35. The number of aryl methyl sites for hydroxylation is 1. The first kappa shape index (κ1) is 14.3. The normalized spacial score (nSPS) is 10.8. The quantitative estimate of drug-likeness (QED) is 0.945. The Balaban J connectivity index is 2.44. The van der Waals surface area contributed by atoms with Gasteiger partial charge in [-0.3, -0.25) is 4.72 Å². The zero-order chi connectivity index (χ0) is 14.8. The van der Waals surface area contributed by atoms with Crippen LogP contribution in [0.4, 0.5) is 5.69 Å². The second kappa shape index (κ2) is 5.49. The van der Waals surface area contributed by atoms with E-state index in [-0.39, 0.29) is 10.6 Å². The molecule has 1 aromatic heterocycles. The minimum Gasteiger partial charge on any atom is -0.279 e. The molecule has 0 saturated carbocycles. The summed E-state index contributed by atoms with van der Waals surface area (Å²) in [5.41, 5.74) is 0.942.